The monoisotopic (exact) mass is 229 g/mol. The number of methoxy groups -OCH3 is 2. The number of isocyanates is 1. The second-order valence-corrected chi connectivity index (χ2v) is 2.81. The summed E-state index contributed by atoms with van der Waals surface area (Å²) < 4.78 is 36.1. The van der Waals surface area contributed by atoms with Crippen molar-refractivity contribution in [3.05, 3.63) is 23.8 Å². The zero-order valence-corrected chi connectivity index (χ0v) is 8.66. The highest BCUT2D eigenvalue weighted by Crippen LogP contribution is 2.35. The highest BCUT2D eigenvalue weighted by Gasteiger charge is 2.31. The normalized spacial score (nSPS) is 10.5. The van der Waals surface area contributed by atoms with Gasteiger partial charge in [0.15, 0.2) is 11.5 Å². The van der Waals surface area contributed by atoms with Gasteiger partial charge in [0.25, 0.3) is 0 Å². The van der Waals surface area contributed by atoms with Crippen LogP contribution < -0.4 is 9.47 Å². The molecule has 86 valence electrons. The maximum Gasteiger partial charge on any atom is 0.379 e. The van der Waals surface area contributed by atoms with Crippen molar-refractivity contribution in [2.45, 2.75) is 6.05 Å². The molecule has 0 unspecified atom stereocenters. The highest BCUT2D eigenvalue weighted by atomic mass is 19.3. The number of ether oxygens (including phenoxy) is 2. The van der Waals surface area contributed by atoms with Crippen molar-refractivity contribution in [1.82, 2.24) is 0 Å². The number of hydrogen-bond donors (Lipinski definition) is 0. The minimum absolute atomic E-state index is 0.140. The van der Waals surface area contributed by atoms with Gasteiger partial charge < -0.3 is 9.47 Å². The van der Waals surface area contributed by atoms with E-state index in [0.29, 0.717) is 5.75 Å². The number of aliphatic imine (C=N–C) groups is 1. The van der Waals surface area contributed by atoms with Gasteiger partial charge in [-0.15, -0.1) is 4.99 Å². The molecule has 0 atom stereocenters. The summed E-state index contributed by atoms with van der Waals surface area (Å²) in [5.41, 5.74) is -0.464. The predicted octanol–water partition coefficient (Wildman–Crippen LogP) is 2.09. The summed E-state index contributed by atoms with van der Waals surface area (Å²) in [6, 6.07) is -0.147. The molecule has 6 heteroatoms. The van der Waals surface area contributed by atoms with Gasteiger partial charge in [0.05, 0.1) is 14.2 Å². The fraction of sp³-hybridized carbons (Fsp3) is 0.300. The molecule has 0 heterocycles. The Bertz CT molecular complexity index is 428. The zero-order chi connectivity index (χ0) is 12.2. The van der Waals surface area contributed by atoms with Crippen LogP contribution >= 0.6 is 0 Å². The van der Waals surface area contributed by atoms with Crippen LogP contribution in [0, 0.1) is 0 Å². The van der Waals surface area contributed by atoms with Crippen LogP contribution in [0.15, 0.2) is 23.2 Å². The summed E-state index contributed by atoms with van der Waals surface area (Å²) in [5, 5.41) is 0. The molecule has 16 heavy (non-hydrogen) atoms. The Kier molecular flexibility index (Phi) is 3.58. The van der Waals surface area contributed by atoms with E-state index < -0.39 is 11.6 Å². The van der Waals surface area contributed by atoms with Crippen molar-refractivity contribution in [2.75, 3.05) is 14.2 Å². The largest absolute Gasteiger partial charge is 0.493 e. The molecule has 0 spiro atoms. The Hall–Kier alpha value is -1.94. The fourth-order valence-electron chi connectivity index (χ4n) is 1.15. The lowest BCUT2D eigenvalue weighted by atomic mass is 10.1. The average Bonchev–Trinajstić information content (AvgIpc) is 2.28. The van der Waals surface area contributed by atoms with E-state index in [-0.39, 0.29) is 5.75 Å². The Morgan fingerprint density at radius 1 is 1.25 bits per heavy atom. The molecule has 1 aromatic rings. The standard InChI is InChI=1S/C10H9F2NO3/c1-15-8-4-3-7(5-9(8)16-2)10(11,12)13-6-14/h3-5H,1-2H3. The number of alkyl halides is 2. The van der Waals surface area contributed by atoms with Crippen LogP contribution in [0.1, 0.15) is 5.56 Å². The van der Waals surface area contributed by atoms with E-state index >= 15 is 0 Å². The first-order chi connectivity index (χ1) is 7.55. The van der Waals surface area contributed by atoms with E-state index in [1.54, 1.807) is 0 Å². The topological polar surface area (TPSA) is 47.9 Å². The van der Waals surface area contributed by atoms with Crippen molar-refractivity contribution in [3.8, 4) is 11.5 Å². The molecule has 0 amide bonds. The van der Waals surface area contributed by atoms with Crippen molar-refractivity contribution in [2.24, 2.45) is 4.99 Å². The number of benzene rings is 1. The maximum absolute atomic E-state index is 13.2. The number of carbonyl (C=O) groups excluding carboxylic acids is 1. The first-order valence-electron chi connectivity index (χ1n) is 4.24. The van der Waals surface area contributed by atoms with Crippen molar-refractivity contribution >= 4 is 6.08 Å². The molecule has 0 N–H and O–H groups in total. The highest BCUT2D eigenvalue weighted by molar-refractivity contribution is 5.45. The molecule has 0 aromatic heterocycles. The second kappa shape index (κ2) is 4.72. The summed E-state index contributed by atoms with van der Waals surface area (Å²) in [5.74, 6) is 0.456. The van der Waals surface area contributed by atoms with Crippen LogP contribution in [-0.4, -0.2) is 20.3 Å². The molecule has 0 radical (unpaired) electrons. The lowest BCUT2D eigenvalue weighted by Gasteiger charge is -2.12. The van der Waals surface area contributed by atoms with Gasteiger partial charge in [-0.25, -0.2) is 4.79 Å². The van der Waals surface area contributed by atoms with Crippen LogP contribution in [0.5, 0.6) is 11.5 Å². The third-order valence-corrected chi connectivity index (χ3v) is 1.92. The minimum Gasteiger partial charge on any atom is -0.493 e. The molecule has 0 saturated heterocycles. The Morgan fingerprint density at radius 2 is 1.88 bits per heavy atom. The van der Waals surface area contributed by atoms with Gasteiger partial charge in [-0.1, -0.05) is 0 Å². The van der Waals surface area contributed by atoms with Crippen LogP contribution in [0.4, 0.5) is 8.78 Å². The molecular formula is C10H9F2NO3. The van der Waals surface area contributed by atoms with Crippen LogP contribution in [0.3, 0.4) is 0 Å². The van der Waals surface area contributed by atoms with Gasteiger partial charge in [-0.3, -0.25) is 0 Å². The van der Waals surface area contributed by atoms with E-state index in [0.717, 1.165) is 18.2 Å². The molecule has 0 bridgehead atoms. The molecular weight excluding hydrogens is 220 g/mol. The molecule has 0 saturated carbocycles. The number of nitrogens with zero attached hydrogens (tertiary/aromatic N) is 1. The van der Waals surface area contributed by atoms with Crippen LogP contribution in [0.2, 0.25) is 0 Å². The summed E-state index contributed by atoms with van der Waals surface area (Å²) in [4.78, 5) is 12.3. The lowest BCUT2D eigenvalue weighted by Crippen LogP contribution is -2.09. The minimum atomic E-state index is -3.61. The third kappa shape index (κ3) is 2.35. The molecule has 1 aromatic carbocycles. The number of halogens is 2. The third-order valence-electron chi connectivity index (χ3n) is 1.92. The average molecular weight is 229 g/mol. The van der Waals surface area contributed by atoms with E-state index in [4.69, 9.17) is 9.47 Å². The van der Waals surface area contributed by atoms with Crippen molar-refractivity contribution in [1.29, 1.82) is 0 Å². The molecule has 0 fully saturated rings. The van der Waals surface area contributed by atoms with E-state index in [2.05, 4.69) is 4.99 Å². The number of rotatable bonds is 4. The van der Waals surface area contributed by atoms with E-state index in [9.17, 15) is 13.6 Å². The smallest absolute Gasteiger partial charge is 0.379 e. The second-order valence-electron chi connectivity index (χ2n) is 2.81. The first kappa shape index (κ1) is 12.1. The molecule has 0 aliphatic rings. The van der Waals surface area contributed by atoms with E-state index in [1.165, 1.54) is 20.3 Å². The lowest BCUT2D eigenvalue weighted by molar-refractivity contribution is 0.00592. The zero-order valence-electron chi connectivity index (χ0n) is 8.66. The van der Waals surface area contributed by atoms with Gasteiger partial charge in [0.1, 0.15) is 0 Å². The Balaban J connectivity index is 3.22. The summed E-state index contributed by atoms with van der Waals surface area (Å²) >= 11 is 0. The number of hydrogen-bond acceptors (Lipinski definition) is 4. The Labute approximate surface area is 90.5 Å². The van der Waals surface area contributed by atoms with Gasteiger partial charge >= 0.3 is 6.05 Å². The van der Waals surface area contributed by atoms with Gasteiger partial charge in [-0.05, 0) is 18.2 Å². The van der Waals surface area contributed by atoms with Crippen LogP contribution in [-0.2, 0) is 10.8 Å². The quantitative estimate of drug-likeness (QED) is 0.451. The molecule has 0 aliphatic carbocycles. The van der Waals surface area contributed by atoms with E-state index in [1.807, 2.05) is 0 Å². The predicted molar refractivity (Wildman–Crippen MR) is 51.6 cm³/mol. The van der Waals surface area contributed by atoms with Crippen molar-refractivity contribution in [3.63, 3.8) is 0 Å². The SMILES string of the molecule is COc1ccc(C(F)(F)N=C=O)cc1OC. The molecule has 1 rings (SSSR count). The van der Waals surface area contributed by atoms with Gasteiger partial charge in [0.2, 0.25) is 6.08 Å². The summed E-state index contributed by atoms with van der Waals surface area (Å²) in [6.07, 6.45) is 0.825. The summed E-state index contributed by atoms with van der Waals surface area (Å²) in [7, 11) is 2.71. The first-order valence-corrected chi connectivity index (χ1v) is 4.24. The van der Waals surface area contributed by atoms with Crippen molar-refractivity contribution < 1.29 is 23.0 Å². The summed E-state index contributed by atoms with van der Waals surface area (Å²) in [6.45, 7) is 0. The Morgan fingerprint density at radius 3 is 2.38 bits per heavy atom. The molecule has 0 aliphatic heterocycles. The maximum atomic E-state index is 13.2. The van der Waals surface area contributed by atoms with Crippen LogP contribution in [0.25, 0.3) is 0 Å². The fourth-order valence-corrected chi connectivity index (χ4v) is 1.15. The van der Waals surface area contributed by atoms with Gasteiger partial charge in [-0.2, -0.15) is 8.78 Å². The molecule has 4 nitrogen and oxygen atoms in total. The van der Waals surface area contributed by atoms with Gasteiger partial charge in [0, 0.05) is 5.56 Å².